The number of amides is 2. The zero-order valence-corrected chi connectivity index (χ0v) is 22.6. The van der Waals surface area contributed by atoms with Crippen LogP contribution in [0.3, 0.4) is 0 Å². The molecule has 3 aliphatic heterocycles. The van der Waals surface area contributed by atoms with Crippen molar-refractivity contribution in [2.75, 3.05) is 33.2 Å². The first kappa shape index (κ1) is 24.8. The Morgan fingerprint density at radius 3 is 2.57 bits per heavy atom. The van der Waals surface area contributed by atoms with E-state index < -0.39 is 0 Å². The van der Waals surface area contributed by atoms with Gasteiger partial charge < -0.3 is 14.7 Å². The highest BCUT2D eigenvalue weighted by Crippen LogP contribution is 2.45. The minimum atomic E-state index is -0.0144. The van der Waals surface area contributed by atoms with Crippen LogP contribution in [0.4, 0.5) is 0 Å². The van der Waals surface area contributed by atoms with E-state index in [1.54, 1.807) is 0 Å². The molecule has 7 heteroatoms. The highest BCUT2D eigenvalue weighted by atomic mass is 79.9. The van der Waals surface area contributed by atoms with Crippen LogP contribution in [0, 0.1) is 0 Å². The van der Waals surface area contributed by atoms with Gasteiger partial charge in [0, 0.05) is 55.1 Å². The number of likely N-dealkylation sites (N-methyl/N-ethyl adjacent to an activating group) is 1. The first-order chi connectivity index (χ1) is 16.9. The Morgan fingerprint density at radius 2 is 1.83 bits per heavy atom. The third-order valence-electron chi connectivity index (χ3n) is 8.11. The predicted molar refractivity (Wildman–Crippen MR) is 143 cm³/mol. The summed E-state index contributed by atoms with van der Waals surface area (Å²) >= 11 is 10.0. The van der Waals surface area contributed by atoms with Gasteiger partial charge in [-0.15, -0.1) is 0 Å². The zero-order chi connectivity index (χ0) is 24.5. The van der Waals surface area contributed by atoms with E-state index in [0.29, 0.717) is 23.4 Å². The molecule has 186 valence electrons. The van der Waals surface area contributed by atoms with E-state index in [1.807, 2.05) is 42.3 Å². The van der Waals surface area contributed by atoms with E-state index in [4.69, 9.17) is 11.6 Å². The van der Waals surface area contributed by atoms with Crippen molar-refractivity contribution in [3.05, 3.63) is 68.7 Å². The molecule has 3 aliphatic rings. The maximum absolute atomic E-state index is 13.0. The highest BCUT2D eigenvalue weighted by Gasteiger charge is 2.40. The summed E-state index contributed by atoms with van der Waals surface area (Å²) in [5.41, 5.74) is 3.07. The number of nitrogens with zero attached hydrogens (tertiary/aromatic N) is 3. The summed E-state index contributed by atoms with van der Waals surface area (Å²) in [4.78, 5) is 32.0. The fraction of sp³-hybridized carbons (Fsp3) is 0.500. The minimum Gasteiger partial charge on any atom is -0.340 e. The van der Waals surface area contributed by atoms with Gasteiger partial charge in [-0.1, -0.05) is 35.9 Å². The number of halogens is 2. The lowest BCUT2D eigenvalue weighted by molar-refractivity contribution is -0.136. The normalized spacial score (nSPS) is 22.5. The first-order valence-corrected chi connectivity index (χ1v) is 13.9. The fourth-order valence-corrected chi connectivity index (χ4v) is 6.64. The Balaban J connectivity index is 1.32. The molecule has 3 heterocycles. The number of piperidine rings is 2. The van der Waals surface area contributed by atoms with Gasteiger partial charge in [0.2, 0.25) is 5.91 Å². The van der Waals surface area contributed by atoms with E-state index in [-0.39, 0.29) is 17.9 Å². The van der Waals surface area contributed by atoms with Gasteiger partial charge in [-0.2, -0.15) is 0 Å². The van der Waals surface area contributed by atoms with Crippen LogP contribution in [-0.2, 0) is 4.79 Å². The molecule has 5 nitrogen and oxygen atoms in total. The second-order valence-electron chi connectivity index (χ2n) is 10.1. The Morgan fingerprint density at radius 1 is 1.06 bits per heavy atom. The van der Waals surface area contributed by atoms with E-state index >= 15 is 0 Å². The fourth-order valence-electron chi connectivity index (χ4n) is 6.20. The smallest absolute Gasteiger partial charge is 0.254 e. The van der Waals surface area contributed by atoms with Crippen molar-refractivity contribution in [2.24, 2.45) is 0 Å². The molecular formula is C28H33BrClN3O2. The van der Waals surface area contributed by atoms with Gasteiger partial charge in [0.15, 0.2) is 0 Å². The Hall–Kier alpha value is -1.89. The molecule has 0 bridgehead atoms. The number of benzene rings is 2. The summed E-state index contributed by atoms with van der Waals surface area (Å²) in [7, 11) is 1.92. The van der Waals surface area contributed by atoms with Gasteiger partial charge in [0.1, 0.15) is 0 Å². The van der Waals surface area contributed by atoms with Gasteiger partial charge in [-0.25, -0.2) is 0 Å². The van der Waals surface area contributed by atoms with Crippen LogP contribution >= 0.6 is 27.5 Å². The summed E-state index contributed by atoms with van der Waals surface area (Å²) in [5, 5.41) is 0.694. The average molecular weight is 559 g/mol. The van der Waals surface area contributed by atoms with Crippen LogP contribution in [0.1, 0.15) is 72.0 Å². The molecule has 0 N–H and O–H groups in total. The quantitative estimate of drug-likeness (QED) is 0.445. The van der Waals surface area contributed by atoms with Gasteiger partial charge in [-0.3, -0.25) is 9.59 Å². The third-order valence-corrected chi connectivity index (χ3v) is 9.35. The second kappa shape index (κ2) is 10.6. The lowest BCUT2D eigenvalue weighted by Gasteiger charge is -2.41. The van der Waals surface area contributed by atoms with Crippen LogP contribution in [0.25, 0.3) is 0 Å². The van der Waals surface area contributed by atoms with Gasteiger partial charge >= 0.3 is 0 Å². The largest absolute Gasteiger partial charge is 0.340 e. The monoisotopic (exact) mass is 557 g/mol. The van der Waals surface area contributed by atoms with Crippen LogP contribution in [0.2, 0.25) is 5.02 Å². The molecule has 5 rings (SSSR count). The summed E-state index contributed by atoms with van der Waals surface area (Å²) in [6.45, 7) is 3.91. The van der Waals surface area contributed by atoms with Crippen molar-refractivity contribution in [1.82, 2.24) is 14.7 Å². The van der Waals surface area contributed by atoms with Crippen molar-refractivity contribution in [3.8, 4) is 0 Å². The minimum absolute atomic E-state index is 0.0144. The molecule has 0 radical (unpaired) electrons. The molecule has 0 spiro atoms. The van der Waals surface area contributed by atoms with Crippen LogP contribution < -0.4 is 0 Å². The molecule has 35 heavy (non-hydrogen) atoms. The average Bonchev–Trinajstić information content (AvgIpc) is 3.12. The lowest BCUT2D eigenvalue weighted by atomic mass is 9.84. The molecule has 0 saturated carbocycles. The van der Waals surface area contributed by atoms with Crippen LogP contribution in [0.5, 0.6) is 0 Å². The van der Waals surface area contributed by atoms with Crippen molar-refractivity contribution >= 4 is 39.3 Å². The predicted octanol–water partition coefficient (Wildman–Crippen LogP) is 5.88. The van der Waals surface area contributed by atoms with E-state index in [0.717, 1.165) is 79.4 Å². The number of fused-ring (bicyclic) bond motifs is 1. The summed E-state index contributed by atoms with van der Waals surface area (Å²) in [6.07, 6.45) is 5.92. The molecule has 2 fully saturated rings. The van der Waals surface area contributed by atoms with Crippen molar-refractivity contribution in [2.45, 2.75) is 56.5 Å². The van der Waals surface area contributed by atoms with E-state index in [2.05, 4.69) is 37.9 Å². The number of carbonyl (C=O) groups excluding carboxylic acids is 2. The number of likely N-dealkylation sites (tertiary alicyclic amines) is 2. The molecule has 2 aromatic carbocycles. The maximum atomic E-state index is 13.0. The van der Waals surface area contributed by atoms with Crippen molar-refractivity contribution in [3.63, 3.8) is 0 Å². The number of rotatable bonds is 6. The van der Waals surface area contributed by atoms with Crippen molar-refractivity contribution < 1.29 is 9.59 Å². The van der Waals surface area contributed by atoms with E-state index in [9.17, 15) is 9.59 Å². The Bertz CT molecular complexity index is 1100. The Kier molecular flexibility index (Phi) is 7.52. The molecule has 2 saturated heterocycles. The topological polar surface area (TPSA) is 43.9 Å². The molecule has 2 aromatic rings. The summed E-state index contributed by atoms with van der Waals surface area (Å²) in [6, 6.07) is 14.6. The summed E-state index contributed by atoms with van der Waals surface area (Å²) < 4.78 is 0.882. The maximum Gasteiger partial charge on any atom is 0.254 e. The summed E-state index contributed by atoms with van der Waals surface area (Å²) in [5.74, 6) is 0.569. The Labute approximate surface area is 221 Å². The number of hydrogen-bond donors (Lipinski definition) is 0. The number of hydrogen-bond acceptors (Lipinski definition) is 3. The first-order valence-electron chi connectivity index (χ1n) is 12.8. The molecule has 0 aliphatic carbocycles. The second-order valence-corrected chi connectivity index (χ2v) is 11.4. The van der Waals surface area contributed by atoms with Gasteiger partial charge in [0.05, 0.1) is 11.1 Å². The van der Waals surface area contributed by atoms with Crippen molar-refractivity contribution in [1.29, 1.82) is 0 Å². The van der Waals surface area contributed by atoms with E-state index in [1.165, 1.54) is 0 Å². The molecule has 0 aromatic heterocycles. The van der Waals surface area contributed by atoms with Crippen LogP contribution in [-0.4, -0.2) is 65.8 Å². The lowest BCUT2D eigenvalue weighted by Crippen LogP contribution is -2.49. The molecular weight excluding hydrogens is 526 g/mol. The molecule has 2 unspecified atom stereocenters. The molecule has 2 amide bonds. The standard InChI is InChI=1S/C28H33BrClN3O2/c1-31-27(22-6-2-3-7-23(22)28(31)35)21(19-9-10-24(29)25(30)18-19)13-17-32-15-11-20(12-16-32)33-14-5-4-8-26(33)34/h2-3,6-7,9-10,18,20-21,27H,4-5,8,11-17H2,1H3. The van der Waals surface area contributed by atoms with Gasteiger partial charge in [0.25, 0.3) is 5.91 Å². The highest BCUT2D eigenvalue weighted by molar-refractivity contribution is 9.10. The SMILES string of the molecule is CN1C(=O)c2ccccc2C1C(CCN1CCC(N2CCCCC2=O)CC1)c1ccc(Br)c(Cl)c1. The number of carbonyl (C=O) groups is 2. The van der Waals surface area contributed by atoms with Gasteiger partial charge in [-0.05, 0) is 83.9 Å². The van der Waals surface area contributed by atoms with Crippen LogP contribution in [0.15, 0.2) is 46.9 Å². The molecule has 2 atom stereocenters. The zero-order valence-electron chi connectivity index (χ0n) is 20.3. The third kappa shape index (κ3) is 5.03.